The van der Waals surface area contributed by atoms with E-state index in [1.807, 2.05) is 24.3 Å². The van der Waals surface area contributed by atoms with Crippen molar-refractivity contribution in [2.75, 3.05) is 25.0 Å². The van der Waals surface area contributed by atoms with Crippen LogP contribution in [0.2, 0.25) is 0 Å². The first-order chi connectivity index (χ1) is 13.7. The predicted molar refractivity (Wildman–Crippen MR) is 104 cm³/mol. The lowest BCUT2D eigenvalue weighted by atomic mass is 10.1. The Morgan fingerprint density at radius 3 is 2.86 bits per heavy atom. The molecule has 144 valence electrons. The molecule has 9 nitrogen and oxygen atoms in total. The molecule has 28 heavy (non-hydrogen) atoms. The molecule has 1 aromatic carbocycles. The maximum Gasteiger partial charge on any atom is 0.273 e. The molecule has 2 amide bonds. The molecule has 3 N–H and O–H groups in total. The van der Waals surface area contributed by atoms with Gasteiger partial charge < -0.3 is 16.0 Å². The summed E-state index contributed by atoms with van der Waals surface area (Å²) in [4.78, 5) is 28.8. The van der Waals surface area contributed by atoms with Crippen LogP contribution in [-0.4, -0.2) is 51.4 Å². The number of amides is 2. The van der Waals surface area contributed by atoms with E-state index in [1.165, 1.54) is 0 Å². The SMILES string of the molecule is O=C(CNC(=O)c1cn(C2CCNCC2)nn1)Nc1cccc2cccnc12. The quantitative estimate of drug-likeness (QED) is 0.612. The van der Waals surface area contributed by atoms with E-state index >= 15 is 0 Å². The molecule has 0 atom stereocenters. The summed E-state index contributed by atoms with van der Waals surface area (Å²) in [5.41, 5.74) is 1.52. The van der Waals surface area contributed by atoms with Crippen molar-refractivity contribution in [2.45, 2.75) is 18.9 Å². The van der Waals surface area contributed by atoms with Crippen molar-refractivity contribution in [1.82, 2.24) is 30.6 Å². The van der Waals surface area contributed by atoms with Crippen molar-refractivity contribution in [1.29, 1.82) is 0 Å². The van der Waals surface area contributed by atoms with E-state index in [0.717, 1.165) is 31.3 Å². The molecule has 4 rings (SSSR count). The zero-order valence-corrected chi connectivity index (χ0v) is 15.3. The van der Waals surface area contributed by atoms with Crippen molar-refractivity contribution in [3.63, 3.8) is 0 Å². The lowest BCUT2D eigenvalue weighted by molar-refractivity contribution is -0.115. The third kappa shape index (κ3) is 3.99. The minimum absolute atomic E-state index is 0.164. The number of benzene rings is 1. The second kappa shape index (κ2) is 8.13. The minimum Gasteiger partial charge on any atom is -0.342 e. The van der Waals surface area contributed by atoms with E-state index in [-0.39, 0.29) is 24.2 Å². The largest absolute Gasteiger partial charge is 0.342 e. The summed E-state index contributed by atoms with van der Waals surface area (Å²) in [6.45, 7) is 1.69. The highest BCUT2D eigenvalue weighted by atomic mass is 16.2. The standard InChI is InChI=1S/C19H21N7O2/c27-17(23-15-5-1-3-13-4-2-8-21-18(13)15)11-22-19(28)16-12-26(25-24-16)14-6-9-20-10-7-14/h1-5,8,12,14,20H,6-7,9-11H2,(H,22,28)(H,23,27). The van der Waals surface area contributed by atoms with Crippen LogP contribution in [0.3, 0.4) is 0 Å². The maximum absolute atomic E-state index is 12.3. The molecule has 0 spiro atoms. The second-order valence-electron chi connectivity index (χ2n) is 6.68. The van der Waals surface area contributed by atoms with Gasteiger partial charge >= 0.3 is 0 Å². The summed E-state index contributed by atoms with van der Waals surface area (Å²) >= 11 is 0. The van der Waals surface area contributed by atoms with Crippen molar-refractivity contribution in [3.8, 4) is 0 Å². The Morgan fingerprint density at radius 2 is 2.00 bits per heavy atom. The maximum atomic E-state index is 12.3. The van der Waals surface area contributed by atoms with Crippen LogP contribution in [0, 0.1) is 0 Å². The third-order valence-corrected chi connectivity index (χ3v) is 4.74. The number of para-hydroxylation sites is 1. The van der Waals surface area contributed by atoms with Gasteiger partial charge in [-0.1, -0.05) is 23.4 Å². The third-order valence-electron chi connectivity index (χ3n) is 4.74. The van der Waals surface area contributed by atoms with Crippen LogP contribution in [0.5, 0.6) is 0 Å². The number of anilines is 1. The van der Waals surface area contributed by atoms with Crippen LogP contribution >= 0.6 is 0 Å². The van der Waals surface area contributed by atoms with Gasteiger partial charge in [0.1, 0.15) is 0 Å². The van der Waals surface area contributed by atoms with Crippen LogP contribution in [0.4, 0.5) is 5.69 Å². The summed E-state index contributed by atoms with van der Waals surface area (Å²) in [6, 6.07) is 9.55. The molecule has 9 heteroatoms. The van der Waals surface area contributed by atoms with Gasteiger partial charge in [-0.15, -0.1) is 5.10 Å². The van der Waals surface area contributed by atoms with Crippen molar-refractivity contribution < 1.29 is 9.59 Å². The number of carbonyl (C=O) groups is 2. The monoisotopic (exact) mass is 379 g/mol. The van der Waals surface area contributed by atoms with Gasteiger partial charge in [0.15, 0.2) is 5.69 Å². The number of hydrogen-bond acceptors (Lipinski definition) is 6. The van der Waals surface area contributed by atoms with E-state index < -0.39 is 5.91 Å². The molecule has 0 saturated carbocycles. The molecular formula is C19H21N7O2. The fraction of sp³-hybridized carbons (Fsp3) is 0.316. The molecule has 1 aliphatic rings. The number of nitrogens with one attached hydrogen (secondary N) is 3. The van der Waals surface area contributed by atoms with Crippen LogP contribution < -0.4 is 16.0 Å². The highest BCUT2D eigenvalue weighted by Gasteiger charge is 2.19. The zero-order valence-electron chi connectivity index (χ0n) is 15.3. The van der Waals surface area contributed by atoms with Crippen LogP contribution in [0.15, 0.2) is 42.7 Å². The molecule has 0 bridgehead atoms. The number of aromatic nitrogens is 4. The van der Waals surface area contributed by atoms with E-state index in [1.54, 1.807) is 23.1 Å². The van der Waals surface area contributed by atoms with Crippen molar-refractivity contribution in [2.24, 2.45) is 0 Å². The Labute approximate surface area is 161 Å². The van der Waals surface area contributed by atoms with Gasteiger partial charge in [0.05, 0.1) is 30.0 Å². The average Bonchev–Trinajstić information content (AvgIpc) is 3.23. The van der Waals surface area contributed by atoms with Crippen LogP contribution in [0.1, 0.15) is 29.4 Å². The predicted octanol–water partition coefficient (Wildman–Crippen LogP) is 1.12. The first-order valence-corrected chi connectivity index (χ1v) is 9.25. The number of hydrogen-bond donors (Lipinski definition) is 3. The molecule has 1 aliphatic heterocycles. The average molecular weight is 379 g/mol. The van der Waals surface area contributed by atoms with Crippen LogP contribution in [-0.2, 0) is 4.79 Å². The zero-order chi connectivity index (χ0) is 19.3. The number of rotatable bonds is 5. The van der Waals surface area contributed by atoms with E-state index in [2.05, 4.69) is 31.2 Å². The summed E-state index contributed by atoms with van der Waals surface area (Å²) in [7, 11) is 0. The number of pyridine rings is 1. The number of piperidine rings is 1. The molecule has 2 aromatic heterocycles. The highest BCUT2D eigenvalue weighted by Crippen LogP contribution is 2.20. The van der Waals surface area contributed by atoms with Crippen molar-refractivity contribution >= 4 is 28.4 Å². The highest BCUT2D eigenvalue weighted by molar-refractivity contribution is 6.02. The number of nitrogens with zero attached hydrogens (tertiary/aromatic N) is 4. The Balaban J connectivity index is 1.34. The van der Waals surface area contributed by atoms with Gasteiger partial charge in [0, 0.05) is 11.6 Å². The van der Waals surface area contributed by atoms with Gasteiger partial charge in [0.2, 0.25) is 5.91 Å². The second-order valence-corrected chi connectivity index (χ2v) is 6.68. The Hall–Kier alpha value is -3.33. The fourth-order valence-corrected chi connectivity index (χ4v) is 3.28. The Kier molecular flexibility index (Phi) is 5.24. The molecule has 0 unspecified atom stereocenters. The lowest BCUT2D eigenvalue weighted by Gasteiger charge is -2.22. The first-order valence-electron chi connectivity index (χ1n) is 9.25. The Bertz CT molecular complexity index is 989. The van der Waals surface area contributed by atoms with Crippen LogP contribution in [0.25, 0.3) is 10.9 Å². The Morgan fingerprint density at radius 1 is 1.18 bits per heavy atom. The van der Waals surface area contributed by atoms with Gasteiger partial charge in [-0.25, -0.2) is 4.68 Å². The number of carbonyl (C=O) groups excluding carboxylic acids is 2. The molecule has 0 aliphatic carbocycles. The van der Waals surface area contributed by atoms with E-state index in [9.17, 15) is 9.59 Å². The van der Waals surface area contributed by atoms with Gasteiger partial charge in [-0.3, -0.25) is 14.6 Å². The molecule has 1 saturated heterocycles. The number of fused-ring (bicyclic) bond motifs is 1. The molecule has 0 radical (unpaired) electrons. The smallest absolute Gasteiger partial charge is 0.273 e. The summed E-state index contributed by atoms with van der Waals surface area (Å²) < 4.78 is 1.73. The summed E-state index contributed by atoms with van der Waals surface area (Å²) in [5.74, 6) is -0.761. The molecular weight excluding hydrogens is 358 g/mol. The summed E-state index contributed by atoms with van der Waals surface area (Å²) in [5, 5.41) is 17.6. The van der Waals surface area contributed by atoms with Gasteiger partial charge in [-0.2, -0.15) is 0 Å². The topological polar surface area (TPSA) is 114 Å². The molecule has 3 heterocycles. The minimum atomic E-state index is -0.425. The normalized spacial score (nSPS) is 14.7. The lowest BCUT2D eigenvalue weighted by Crippen LogP contribution is -2.33. The van der Waals surface area contributed by atoms with Crippen molar-refractivity contribution in [3.05, 3.63) is 48.4 Å². The van der Waals surface area contributed by atoms with Gasteiger partial charge in [-0.05, 0) is 38.1 Å². The summed E-state index contributed by atoms with van der Waals surface area (Å²) in [6.07, 6.45) is 5.21. The van der Waals surface area contributed by atoms with Gasteiger partial charge in [0.25, 0.3) is 5.91 Å². The first kappa shape index (κ1) is 18.1. The fourth-order valence-electron chi connectivity index (χ4n) is 3.28. The molecule has 1 fully saturated rings. The molecule has 3 aromatic rings. The van der Waals surface area contributed by atoms with E-state index in [4.69, 9.17) is 0 Å². The van der Waals surface area contributed by atoms with E-state index in [0.29, 0.717) is 11.2 Å².